The number of hydrogen-bond acceptors (Lipinski definition) is 4. The second-order valence-electron chi connectivity index (χ2n) is 1.96. The first-order valence-electron chi connectivity index (χ1n) is 2.67. The van der Waals surface area contributed by atoms with Crippen LogP contribution in [-0.2, 0) is 9.36 Å². The molecule has 0 rings (SSSR count). The van der Waals surface area contributed by atoms with Crippen LogP contribution in [0.2, 0.25) is 0 Å². The number of carbonyl (C=O) groups is 1. The highest BCUT2D eigenvalue weighted by molar-refractivity contribution is 7.50. The van der Waals surface area contributed by atoms with Gasteiger partial charge in [0.25, 0.3) is 0 Å². The molecule has 8 heteroatoms. The Morgan fingerprint density at radius 3 is 2.55 bits per heavy atom. The van der Waals surface area contributed by atoms with E-state index < -0.39 is 25.7 Å². The van der Waals surface area contributed by atoms with Crippen LogP contribution >= 0.6 is 7.60 Å². The molecule has 0 aromatic heterocycles. The van der Waals surface area contributed by atoms with E-state index in [1.54, 1.807) is 0 Å². The van der Waals surface area contributed by atoms with Crippen molar-refractivity contribution < 1.29 is 30.1 Å². The average molecular weight is 184 g/mol. The Bertz CT molecular complexity index is 188. The normalized spacial score (nSPS) is 18.5. The minimum atomic E-state index is -4.56. The van der Waals surface area contributed by atoms with Crippen molar-refractivity contribution in [1.82, 2.24) is 5.48 Å². The Hall–Kier alpha value is -0.460. The lowest BCUT2D eigenvalue weighted by molar-refractivity contribution is -0.404. The summed E-state index contributed by atoms with van der Waals surface area (Å²) in [6, 6.07) is 0. The third-order valence-corrected chi connectivity index (χ3v) is 2.11. The molecular weight excluding hydrogens is 175 g/mol. The van der Waals surface area contributed by atoms with Gasteiger partial charge in [-0.25, -0.2) is 5.48 Å². The number of carbonyl (C=O) groups excluding carboxylic acids is 1. The molecule has 0 aromatic carbocycles. The molecule has 0 aliphatic heterocycles. The number of rotatable bonds is 3. The number of amides is 1. The van der Waals surface area contributed by atoms with Crippen molar-refractivity contribution in [2.75, 3.05) is 0 Å². The Morgan fingerprint density at radius 2 is 2.27 bits per heavy atom. The van der Waals surface area contributed by atoms with Crippen molar-refractivity contribution in [3.05, 3.63) is 0 Å². The second kappa shape index (κ2) is 3.80. The first-order chi connectivity index (χ1) is 4.88. The van der Waals surface area contributed by atoms with Gasteiger partial charge in [-0.05, 0) is 0 Å². The Labute approximate surface area is 62.3 Å². The van der Waals surface area contributed by atoms with Gasteiger partial charge in [0.15, 0.2) is 13.4 Å². The predicted molar refractivity (Wildman–Crippen MR) is 31.0 cm³/mol. The molecule has 11 heavy (non-hydrogen) atoms. The highest BCUT2D eigenvalue weighted by atomic mass is 31.2. The summed E-state index contributed by atoms with van der Waals surface area (Å²) in [5.41, 5.74) is 4.22. The SMILES string of the molecule is [NH3+]C(CC(=O)NO)P(=O)([O-])O. The number of nitrogens with one attached hydrogen (secondary N) is 1. The molecule has 0 saturated carbocycles. The van der Waals surface area contributed by atoms with Crippen LogP contribution in [0.4, 0.5) is 0 Å². The van der Waals surface area contributed by atoms with Crippen LogP contribution in [0, 0.1) is 0 Å². The van der Waals surface area contributed by atoms with Gasteiger partial charge in [-0.2, -0.15) is 0 Å². The molecule has 0 bridgehead atoms. The molecule has 0 aromatic rings. The summed E-state index contributed by atoms with van der Waals surface area (Å²) >= 11 is 0. The fourth-order valence-corrected chi connectivity index (χ4v) is 0.772. The van der Waals surface area contributed by atoms with Gasteiger partial charge in [-0.3, -0.25) is 10.0 Å². The molecule has 2 atom stereocenters. The van der Waals surface area contributed by atoms with Crippen molar-refractivity contribution in [2.45, 2.75) is 12.2 Å². The summed E-state index contributed by atoms with van der Waals surface area (Å²) in [4.78, 5) is 28.8. The highest BCUT2D eigenvalue weighted by Gasteiger charge is 2.21. The maximum atomic E-state index is 10.3. The van der Waals surface area contributed by atoms with Gasteiger partial charge in [0.2, 0.25) is 5.91 Å². The Kier molecular flexibility index (Phi) is 3.64. The van der Waals surface area contributed by atoms with Gasteiger partial charge in [-0.1, -0.05) is 0 Å². The van der Waals surface area contributed by atoms with E-state index >= 15 is 0 Å². The van der Waals surface area contributed by atoms with Crippen molar-refractivity contribution in [1.29, 1.82) is 0 Å². The van der Waals surface area contributed by atoms with Gasteiger partial charge in [0.1, 0.15) is 0 Å². The lowest BCUT2D eigenvalue weighted by Gasteiger charge is -2.18. The predicted octanol–water partition coefficient (Wildman–Crippen LogP) is -3.00. The molecule has 1 amide bonds. The monoisotopic (exact) mass is 184 g/mol. The van der Waals surface area contributed by atoms with E-state index in [9.17, 15) is 14.3 Å². The highest BCUT2D eigenvalue weighted by Crippen LogP contribution is 2.33. The molecule has 0 heterocycles. The molecule has 0 fully saturated rings. The summed E-state index contributed by atoms with van der Waals surface area (Å²) in [6.07, 6.45) is -0.562. The quantitative estimate of drug-likeness (QED) is 0.210. The molecule has 0 saturated heterocycles. The van der Waals surface area contributed by atoms with Gasteiger partial charge in [-0.15, -0.1) is 0 Å². The molecule has 0 radical (unpaired) electrons. The van der Waals surface area contributed by atoms with Gasteiger partial charge >= 0.3 is 0 Å². The maximum absolute atomic E-state index is 10.3. The van der Waals surface area contributed by atoms with E-state index in [-0.39, 0.29) is 0 Å². The van der Waals surface area contributed by atoms with Crippen LogP contribution in [0.1, 0.15) is 6.42 Å². The number of hydrogen-bond donors (Lipinski definition) is 4. The lowest BCUT2D eigenvalue weighted by Crippen LogP contribution is -2.63. The molecule has 0 spiro atoms. The van der Waals surface area contributed by atoms with Crippen molar-refractivity contribution in [3.63, 3.8) is 0 Å². The average Bonchev–Trinajstić information content (AvgIpc) is 1.85. The van der Waals surface area contributed by atoms with Crippen molar-refractivity contribution in [2.24, 2.45) is 0 Å². The summed E-state index contributed by atoms with van der Waals surface area (Å²) in [5, 5.41) is 7.95. The summed E-state index contributed by atoms with van der Waals surface area (Å²) in [5.74, 6) is -2.33. The minimum Gasteiger partial charge on any atom is -0.774 e. The van der Waals surface area contributed by atoms with E-state index in [0.717, 1.165) is 0 Å². The van der Waals surface area contributed by atoms with Crippen LogP contribution in [0.25, 0.3) is 0 Å². The Morgan fingerprint density at radius 1 is 1.82 bits per heavy atom. The van der Waals surface area contributed by atoms with Gasteiger partial charge < -0.3 is 20.1 Å². The lowest BCUT2D eigenvalue weighted by atomic mass is 10.4. The summed E-state index contributed by atoms with van der Waals surface area (Å²) in [6.45, 7) is 0. The molecule has 7 nitrogen and oxygen atoms in total. The van der Waals surface area contributed by atoms with E-state index in [0.29, 0.717) is 0 Å². The number of hydroxylamine groups is 1. The zero-order valence-electron chi connectivity index (χ0n) is 5.56. The van der Waals surface area contributed by atoms with Crippen LogP contribution in [0.5, 0.6) is 0 Å². The molecule has 0 aliphatic carbocycles. The van der Waals surface area contributed by atoms with Crippen LogP contribution in [-0.4, -0.2) is 21.8 Å². The topological polar surface area (TPSA) is 137 Å². The van der Waals surface area contributed by atoms with Gasteiger partial charge in [0.05, 0.1) is 6.42 Å². The summed E-state index contributed by atoms with van der Waals surface area (Å²) in [7, 11) is -4.56. The molecule has 2 unspecified atom stereocenters. The second-order valence-corrected chi connectivity index (χ2v) is 3.82. The van der Waals surface area contributed by atoms with Crippen LogP contribution < -0.4 is 16.1 Å². The zero-order valence-corrected chi connectivity index (χ0v) is 6.45. The van der Waals surface area contributed by atoms with Crippen LogP contribution in [0.3, 0.4) is 0 Å². The van der Waals surface area contributed by atoms with Crippen molar-refractivity contribution >= 4 is 13.5 Å². The largest absolute Gasteiger partial charge is 0.774 e. The van der Waals surface area contributed by atoms with E-state index in [4.69, 9.17) is 10.1 Å². The molecular formula is C3H9N2O5P. The van der Waals surface area contributed by atoms with E-state index in [1.165, 1.54) is 5.48 Å². The number of quaternary nitrogens is 1. The third kappa shape index (κ3) is 4.07. The molecule has 0 aliphatic rings. The summed E-state index contributed by atoms with van der Waals surface area (Å²) < 4.78 is 10.2. The van der Waals surface area contributed by atoms with E-state index in [2.05, 4.69) is 5.73 Å². The fraction of sp³-hybridized carbons (Fsp3) is 0.667. The first kappa shape index (κ1) is 10.5. The molecule has 6 N–H and O–H groups in total. The standard InChI is InChI=1S/C3H9N2O5P/c4-2(11(8,9)10)1-3(6)5-7/h2,7H,1,4H2,(H,5,6)(H2,8,9,10). The Balaban J connectivity index is 3.98. The van der Waals surface area contributed by atoms with Crippen LogP contribution in [0.15, 0.2) is 0 Å². The maximum Gasteiger partial charge on any atom is 0.249 e. The smallest absolute Gasteiger partial charge is 0.249 e. The minimum absolute atomic E-state index is 0.562. The zero-order chi connectivity index (χ0) is 9.07. The van der Waals surface area contributed by atoms with Gasteiger partial charge in [0, 0.05) is 0 Å². The molecule has 66 valence electrons. The third-order valence-electron chi connectivity index (χ3n) is 1.01. The van der Waals surface area contributed by atoms with Crippen molar-refractivity contribution in [3.8, 4) is 0 Å². The first-order valence-corrected chi connectivity index (χ1v) is 4.32. The van der Waals surface area contributed by atoms with E-state index in [1.807, 2.05) is 0 Å². The fourth-order valence-electron chi connectivity index (χ4n) is 0.375.